The van der Waals surface area contributed by atoms with E-state index in [0.29, 0.717) is 24.4 Å². The molecule has 7 nitrogen and oxygen atoms in total. The summed E-state index contributed by atoms with van der Waals surface area (Å²) < 4.78 is 6.67. The lowest BCUT2D eigenvalue weighted by Gasteiger charge is -2.19. The molecule has 2 heterocycles. The highest BCUT2D eigenvalue weighted by molar-refractivity contribution is 5.98. The molecule has 0 bridgehead atoms. The molecule has 2 amide bonds. The molecule has 1 aliphatic heterocycles. The van der Waals surface area contributed by atoms with Crippen molar-refractivity contribution in [1.82, 2.24) is 15.1 Å². The number of hydrogen-bond acceptors (Lipinski definition) is 4. The van der Waals surface area contributed by atoms with Crippen molar-refractivity contribution in [3.8, 4) is 5.69 Å². The molecule has 7 heteroatoms. The monoisotopic (exact) mass is 376 g/mol. The van der Waals surface area contributed by atoms with Crippen LogP contribution in [-0.2, 0) is 4.74 Å². The zero-order chi connectivity index (χ0) is 19.5. The molecule has 0 saturated carbocycles. The summed E-state index contributed by atoms with van der Waals surface area (Å²) in [5.74, 6) is -0.190. The summed E-state index contributed by atoms with van der Waals surface area (Å²) in [4.78, 5) is 26.3. The maximum Gasteiger partial charge on any atom is 0.414 e. The average molecular weight is 376 g/mol. The maximum absolute atomic E-state index is 12.9. The smallest absolute Gasteiger partial charge is 0.414 e. The molecule has 1 aromatic heterocycles. The van der Waals surface area contributed by atoms with Crippen LogP contribution in [0.1, 0.15) is 28.9 Å². The summed E-state index contributed by atoms with van der Waals surface area (Å²) in [6.07, 6.45) is 3.13. The topological polar surface area (TPSA) is 76.5 Å². The van der Waals surface area contributed by atoms with Crippen LogP contribution in [0, 0.1) is 0 Å². The van der Waals surface area contributed by atoms with Crippen LogP contribution in [0.15, 0.2) is 67.0 Å². The number of nitrogens with one attached hydrogen (secondary N) is 1. The Morgan fingerprint density at radius 2 is 2.04 bits per heavy atom. The second-order valence-electron chi connectivity index (χ2n) is 6.52. The van der Waals surface area contributed by atoms with Crippen molar-refractivity contribution in [2.24, 2.45) is 0 Å². The predicted octanol–water partition coefficient (Wildman–Crippen LogP) is 3.32. The van der Waals surface area contributed by atoms with Crippen molar-refractivity contribution in [1.29, 1.82) is 0 Å². The zero-order valence-electron chi connectivity index (χ0n) is 15.4. The number of rotatable bonds is 5. The molecule has 4 rings (SSSR count). The van der Waals surface area contributed by atoms with E-state index in [4.69, 9.17) is 4.74 Å². The molecule has 0 aliphatic carbocycles. The SMILES string of the molecule is CC(NC(=O)c1ccccc1-n1cccn1)c1cccc(N2CCOC2=O)c1. The van der Waals surface area contributed by atoms with Gasteiger partial charge in [-0.05, 0) is 42.8 Å². The Morgan fingerprint density at radius 1 is 1.18 bits per heavy atom. The highest BCUT2D eigenvalue weighted by atomic mass is 16.6. The van der Waals surface area contributed by atoms with Gasteiger partial charge in [0.05, 0.1) is 23.8 Å². The Morgan fingerprint density at radius 3 is 2.79 bits per heavy atom. The van der Waals surface area contributed by atoms with E-state index in [9.17, 15) is 9.59 Å². The highest BCUT2D eigenvalue weighted by Crippen LogP contribution is 2.24. The predicted molar refractivity (Wildman–Crippen MR) is 105 cm³/mol. The number of ether oxygens (including phenoxy) is 1. The lowest BCUT2D eigenvalue weighted by atomic mass is 10.1. The molecule has 1 N–H and O–H groups in total. The van der Waals surface area contributed by atoms with Crippen molar-refractivity contribution in [3.63, 3.8) is 0 Å². The Kier molecular flexibility index (Phi) is 4.80. The van der Waals surface area contributed by atoms with Crippen LogP contribution in [0.4, 0.5) is 10.5 Å². The Hall–Kier alpha value is -3.61. The molecule has 1 atom stereocenters. The van der Waals surface area contributed by atoms with Crippen LogP contribution < -0.4 is 10.2 Å². The molecule has 1 aliphatic rings. The van der Waals surface area contributed by atoms with E-state index in [1.807, 2.05) is 55.5 Å². The van der Waals surface area contributed by atoms with Gasteiger partial charge in [0.25, 0.3) is 5.91 Å². The quantitative estimate of drug-likeness (QED) is 0.741. The molecule has 3 aromatic rings. The summed E-state index contributed by atoms with van der Waals surface area (Å²) in [5.41, 5.74) is 2.92. The van der Waals surface area contributed by atoms with Gasteiger partial charge in [0.15, 0.2) is 0 Å². The van der Waals surface area contributed by atoms with Gasteiger partial charge < -0.3 is 10.1 Å². The van der Waals surface area contributed by atoms with Crippen LogP contribution >= 0.6 is 0 Å². The molecule has 0 radical (unpaired) electrons. The van der Waals surface area contributed by atoms with Gasteiger partial charge in [-0.15, -0.1) is 0 Å². The third-order valence-corrected chi connectivity index (χ3v) is 4.69. The molecular weight excluding hydrogens is 356 g/mol. The van der Waals surface area contributed by atoms with E-state index in [2.05, 4.69) is 10.4 Å². The Labute approximate surface area is 162 Å². The summed E-state index contributed by atoms with van der Waals surface area (Å²) >= 11 is 0. The van der Waals surface area contributed by atoms with Gasteiger partial charge >= 0.3 is 6.09 Å². The first-order valence-electron chi connectivity index (χ1n) is 9.07. The maximum atomic E-state index is 12.9. The first kappa shape index (κ1) is 17.8. The average Bonchev–Trinajstić information content (AvgIpc) is 3.40. The number of carbonyl (C=O) groups excluding carboxylic acids is 2. The fraction of sp³-hybridized carbons (Fsp3) is 0.190. The lowest BCUT2D eigenvalue weighted by Crippen LogP contribution is -2.28. The molecule has 2 aromatic carbocycles. The van der Waals surface area contributed by atoms with Crippen LogP contribution in [-0.4, -0.2) is 34.9 Å². The third kappa shape index (κ3) is 3.46. The minimum absolute atomic E-state index is 0.190. The van der Waals surface area contributed by atoms with Crippen molar-refractivity contribution >= 4 is 17.7 Å². The highest BCUT2D eigenvalue weighted by Gasteiger charge is 2.24. The summed E-state index contributed by atoms with van der Waals surface area (Å²) in [6, 6.07) is 16.5. The summed E-state index contributed by atoms with van der Waals surface area (Å²) in [5, 5.41) is 7.25. The third-order valence-electron chi connectivity index (χ3n) is 4.69. The molecule has 28 heavy (non-hydrogen) atoms. The lowest BCUT2D eigenvalue weighted by molar-refractivity contribution is 0.0939. The van der Waals surface area contributed by atoms with E-state index in [0.717, 1.165) is 11.3 Å². The Bertz CT molecular complexity index is 1000. The van der Waals surface area contributed by atoms with Gasteiger partial charge in [-0.3, -0.25) is 9.69 Å². The van der Waals surface area contributed by atoms with E-state index in [1.54, 1.807) is 28.0 Å². The number of amides is 2. The fourth-order valence-corrected chi connectivity index (χ4v) is 3.22. The van der Waals surface area contributed by atoms with Gasteiger partial charge in [0.2, 0.25) is 0 Å². The van der Waals surface area contributed by atoms with E-state index < -0.39 is 0 Å². The molecule has 1 saturated heterocycles. The number of para-hydroxylation sites is 1. The number of anilines is 1. The molecule has 1 unspecified atom stereocenters. The van der Waals surface area contributed by atoms with Crippen molar-refractivity contribution in [3.05, 3.63) is 78.1 Å². The van der Waals surface area contributed by atoms with Crippen LogP contribution in [0.5, 0.6) is 0 Å². The van der Waals surface area contributed by atoms with Gasteiger partial charge in [-0.2, -0.15) is 5.10 Å². The Balaban J connectivity index is 1.54. The number of benzene rings is 2. The molecular formula is C21H20N4O3. The largest absolute Gasteiger partial charge is 0.447 e. The van der Waals surface area contributed by atoms with E-state index >= 15 is 0 Å². The summed E-state index contributed by atoms with van der Waals surface area (Å²) in [6.45, 7) is 2.83. The number of hydrogen-bond donors (Lipinski definition) is 1. The van der Waals surface area contributed by atoms with E-state index in [-0.39, 0.29) is 18.0 Å². The van der Waals surface area contributed by atoms with Crippen molar-refractivity contribution in [2.45, 2.75) is 13.0 Å². The minimum atomic E-state index is -0.345. The standard InChI is InChI=1S/C21H20N4O3/c1-15(16-6-4-7-17(14-16)24-12-13-28-21(24)27)23-20(26)18-8-2-3-9-19(18)25-11-5-10-22-25/h2-11,14-15H,12-13H2,1H3,(H,23,26). The number of cyclic esters (lactones) is 1. The first-order valence-corrected chi connectivity index (χ1v) is 9.07. The second kappa shape index (κ2) is 7.56. The minimum Gasteiger partial charge on any atom is -0.447 e. The summed E-state index contributed by atoms with van der Waals surface area (Å²) in [7, 11) is 0. The molecule has 142 valence electrons. The van der Waals surface area contributed by atoms with Gasteiger partial charge in [-0.1, -0.05) is 24.3 Å². The van der Waals surface area contributed by atoms with E-state index in [1.165, 1.54) is 0 Å². The number of aromatic nitrogens is 2. The van der Waals surface area contributed by atoms with Crippen molar-refractivity contribution < 1.29 is 14.3 Å². The van der Waals surface area contributed by atoms with Crippen LogP contribution in [0.3, 0.4) is 0 Å². The second-order valence-corrected chi connectivity index (χ2v) is 6.52. The van der Waals surface area contributed by atoms with Gasteiger partial charge in [0, 0.05) is 18.1 Å². The van der Waals surface area contributed by atoms with Gasteiger partial charge in [-0.25, -0.2) is 9.48 Å². The van der Waals surface area contributed by atoms with Crippen LogP contribution in [0.25, 0.3) is 5.69 Å². The number of carbonyl (C=O) groups is 2. The van der Waals surface area contributed by atoms with Gasteiger partial charge in [0.1, 0.15) is 6.61 Å². The fourth-order valence-electron chi connectivity index (χ4n) is 3.22. The normalized spacial score (nSPS) is 14.6. The van der Waals surface area contributed by atoms with Crippen LogP contribution in [0.2, 0.25) is 0 Å². The molecule has 0 spiro atoms. The molecule has 1 fully saturated rings. The number of nitrogens with zero attached hydrogens (tertiary/aromatic N) is 3. The zero-order valence-corrected chi connectivity index (χ0v) is 15.4. The first-order chi connectivity index (χ1) is 13.6. The van der Waals surface area contributed by atoms with Crippen molar-refractivity contribution in [2.75, 3.05) is 18.1 Å².